The Morgan fingerprint density at radius 3 is 2.04 bits per heavy atom. The van der Waals surface area contributed by atoms with E-state index < -0.39 is 0 Å². The lowest BCUT2D eigenvalue weighted by Gasteiger charge is -2.36. The van der Waals surface area contributed by atoms with Gasteiger partial charge in [0, 0.05) is 17.6 Å². The Kier molecular flexibility index (Phi) is 5.98. The summed E-state index contributed by atoms with van der Waals surface area (Å²) in [5.74, 6) is -0.231. The summed E-state index contributed by atoms with van der Waals surface area (Å²) in [5.41, 5.74) is 6.53. The van der Waals surface area contributed by atoms with Crippen molar-refractivity contribution in [2.24, 2.45) is 5.92 Å². The van der Waals surface area contributed by atoms with E-state index in [2.05, 4.69) is 0 Å². The molecule has 26 heavy (non-hydrogen) atoms. The van der Waals surface area contributed by atoms with E-state index >= 15 is 0 Å². The average molecular weight is 399 g/mol. The molecule has 2 aliphatic rings. The van der Waals surface area contributed by atoms with Crippen molar-refractivity contribution in [2.75, 3.05) is 12.3 Å². The first-order valence-corrected chi connectivity index (χ1v) is 9.91. The summed E-state index contributed by atoms with van der Waals surface area (Å²) < 4.78 is 5.13. The Hall–Kier alpha value is -1.46. The fraction of sp³-hybridized carbons (Fsp3) is 0.579. The Bertz CT molecular complexity index is 675. The zero-order chi connectivity index (χ0) is 18.8. The Morgan fingerprint density at radius 1 is 1.08 bits per heavy atom. The van der Waals surface area contributed by atoms with Gasteiger partial charge in [0.05, 0.1) is 28.3 Å². The topological polar surface area (TPSA) is 72.6 Å². The highest BCUT2D eigenvalue weighted by Crippen LogP contribution is 2.38. The molecule has 2 fully saturated rings. The maximum atomic E-state index is 13.1. The van der Waals surface area contributed by atoms with Gasteiger partial charge in [0.25, 0.3) is 5.91 Å². The molecule has 0 aromatic heterocycles. The zero-order valence-electron chi connectivity index (χ0n) is 14.8. The van der Waals surface area contributed by atoms with Crippen LogP contribution < -0.4 is 5.73 Å². The van der Waals surface area contributed by atoms with Gasteiger partial charge in [0.2, 0.25) is 0 Å². The van der Waals surface area contributed by atoms with E-state index in [9.17, 15) is 9.59 Å². The predicted octanol–water partition coefficient (Wildman–Crippen LogP) is 4.30. The fourth-order valence-electron chi connectivity index (χ4n) is 3.69. The Balaban J connectivity index is 1.72. The van der Waals surface area contributed by atoms with Gasteiger partial charge in [-0.3, -0.25) is 9.59 Å². The van der Waals surface area contributed by atoms with Crippen LogP contribution in [0.25, 0.3) is 0 Å². The van der Waals surface area contributed by atoms with Crippen molar-refractivity contribution in [3.8, 4) is 0 Å². The number of carbonyl (C=O) groups excluding carboxylic acids is 2. The van der Waals surface area contributed by atoms with Gasteiger partial charge in [-0.1, -0.05) is 23.2 Å². The first-order chi connectivity index (χ1) is 12.4. The normalized spacial score (nSPS) is 22.7. The number of nitrogen functional groups attached to an aromatic ring is 1. The molecule has 2 saturated carbocycles. The quantitative estimate of drug-likeness (QED) is 0.592. The molecular formula is C19H24Cl2N2O3. The fourth-order valence-corrected chi connectivity index (χ4v) is 4.18. The number of nitrogens with zero attached hydrogens (tertiary/aromatic N) is 1. The number of hydrogen-bond acceptors (Lipinski definition) is 4. The lowest BCUT2D eigenvalue weighted by atomic mass is 9.85. The average Bonchev–Trinajstić information content (AvgIpc) is 3.45. The smallest absolute Gasteiger partial charge is 0.308 e. The van der Waals surface area contributed by atoms with Crippen LogP contribution in [0.1, 0.15) is 55.8 Å². The van der Waals surface area contributed by atoms with Crippen molar-refractivity contribution in [1.82, 2.24) is 4.90 Å². The van der Waals surface area contributed by atoms with E-state index in [0.717, 1.165) is 38.5 Å². The summed E-state index contributed by atoms with van der Waals surface area (Å²) in [6.07, 6.45) is 5.15. The van der Waals surface area contributed by atoms with E-state index in [-0.39, 0.29) is 35.6 Å². The molecule has 7 heteroatoms. The summed E-state index contributed by atoms with van der Waals surface area (Å²) in [6, 6.07) is 3.58. The molecule has 0 saturated heterocycles. The monoisotopic (exact) mass is 398 g/mol. The zero-order valence-corrected chi connectivity index (χ0v) is 16.4. The maximum absolute atomic E-state index is 13.1. The highest BCUT2D eigenvalue weighted by atomic mass is 35.5. The molecular weight excluding hydrogens is 375 g/mol. The van der Waals surface area contributed by atoms with Crippen molar-refractivity contribution in [1.29, 1.82) is 0 Å². The van der Waals surface area contributed by atoms with Gasteiger partial charge in [-0.05, 0) is 57.6 Å². The minimum Gasteiger partial charge on any atom is -0.466 e. The van der Waals surface area contributed by atoms with Crippen LogP contribution in [0.5, 0.6) is 0 Å². The highest BCUT2D eigenvalue weighted by Gasteiger charge is 2.40. The van der Waals surface area contributed by atoms with Crippen LogP contribution in [0, 0.1) is 5.92 Å². The molecule has 1 aromatic carbocycles. The molecule has 3 rings (SSSR count). The molecule has 1 aromatic rings. The summed E-state index contributed by atoms with van der Waals surface area (Å²) in [7, 11) is 0. The number of hydrogen-bond donors (Lipinski definition) is 1. The van der Waals surface area contributed by atoms with Crippen LogP contribution in [0.15, 0.2) is 12.1 Å². The van der Waals surface area contributed by atoms with Gasteiger partial charge < -0.3 is 15.4 Å². The molecule has 0 unspecified atom stereocenters. The lowest BCUT2D eigenvalue weighted by Crippen LogP contribution is -2.44. The standard InChI is InChI=1S/C19H24Cl2N2O3/c1-2-26-19(25)11-3-5-13(6-4-11)23(14-7-8-14)18(24)12-9-15(20)17(22)16(21)10-12/h9-11,13-14H,2-8,22H2,1H3. The molecule has 2 aliphatic carbocycles. The number of anilines is 1. The minimum absolute atomic E-state index is 0.0530. The lowest BCUT2D eigenvalue weighted by molar-refractivity contribution is -0.149. The molecule has 0 bridgehead atoms. The molecule has 142 valence electrons. The molecule has 2 N–H and O–H groups in total. The largest absolute Gasteiger partial charge is 0.466 e. The number of nitrogens with two attached hydrogens (primary N) is 1. The number of carbonyl (C=O) groups is 2. The van der Waals surface area contributed by atoms with Crippen LogP contribution >= 0.6 is 23.2 Å². The molecule has 0 aliphatic heterocycles. The van der Waals surface area contributed by atoms with Crippen molar-refractivity contribution < 1.29 is 14.3 Å². The second-order valence-corrected chi connectivity index (χ2v) is 7.87. The summed E-state index contributed by atoms with van der Waals surface area (Å²) in [5, 5.41) is 0.588. The second kappa shape index (κ2) is 8.05. The molecule has 0 spiro atoms. The summed E-state index contributed by atoms with van der Waals surface area (Å²) in [4.78, 5) is 27.0. The van der Waals surface area contributed by atoms with Crippen LogP contribution in [-0.2, 0) is 9.53 Å². The summed E-state index contributed by atoms with van der Waals surface area (Å²) >= 11 is 12.2. The van der Waals surface area contributed by atoms with E-state index in [1.807, 2.05) is 11.8 Å². The third kappa shape index (κ3) is 4.09. The molecule has 1 amide bonds. The maximum Gasteiger partial charge on any atom is 0.308 e. The number of benzene rings is 1. The van der Waals surface area contributed by atoms with Gasteiger partial charge in [-0.15, -0.1) is 0 Å². The van der Waals surface area contributed by atoms with Crippen LogP contribution in [0.2, 0.25) is 10.0 Å². The van der Waals surface area contributed by atoms with E-state index in [1.54, 1.807) is 12.1 Å². The third-order valence-electron chi connectivity index (χ3n) is 5.21. The Labute approximate surface area is 163 Å². The number of halogens is 2. The van der Waals surface area contributed by atoms with Crippen molar-refractivity contribution in [3.05, 3.63) is 27.7 Å². The molecule has 5 nitrogen and oxygen atoms in total. The van der Waals surface area contributed by atoms with E-state index in [0.29, 0.717) is 22.2 Å². The third-order valence-corrected chi connectivity index (χ3v) is 5.84. The molecule has 0 heterocycles. The van der Waals surface area contributed by atoms with Gasteiger partial charge in [0.1, 0.15) is 0 Å². The second-order valence-electron chi connectivity index (χ2n) is 7.05. The highest BCUT2D eigenvalue weighted by molar-refractivity contribution is 6.39. The number of esters is 1. The van der Waals surface area contributed by atoms with Crippen LogP contribution in [-0.4, -0.2) is 35.5 Å². The molecule has 0 atom stereocenters. The van der Waals surface area contributed by atoms with E-state index in [4.69, 9.17) is 33.7 Å². The van der Waals surface area contributed by atoms with Gasteiger partial charge >= 0.3 is 5.97 Å². The van der Waals surface area contributed by atoms with E-state index in [1.165, 1.54) is 0 Å². The molecule has 0 radical (unpaired) electrons. The van der Waals surface area contributed by atoms with Crippen molar-refractivity contribution in [3.63, 3.8) is 0 Å². The van der Waals surface area contributed by atoms with Crippen molar-refractivity contribution in [2.45, 2.75) is 57.5 Å². The van der Waals surface area contributed by atoms with Crippen LogP contribution in [0.3, 0.4) is 0 Å². The van der Waals surface area contributed by atoms with Crippen molar-refractivity contribution >= 4 is 40.8 Å². The number of ether oxygens (including phenoxy) is 1. The number of rotatable bonds is 5. The van der Waals surface area contributed by atoms with Crippen LogP contribution in [0.4, 0.5) is 5.69 Å². The van der Waals surface area contributed by atoms with Gasteiger partial charge in [-0.25, -0.2) is 0 Å². The summed E-state index contributed by atoms with van der Waals surface area (Å²) in [6.45, 7) is 2.23. The Morgan fingerprint density at radius 2 is 1.58 bits per heavy atom. The first-order valence-electron chi connectivity index (χ1n) is 9.16. The predicted molar refractivity (Wildman–Crippen MR) is 102 cm³/mol. The van der Waals surface area contributed by atoms with Gasteiger partial charge in [-0.2, -0.15) is 0 Å². The number of amides is 1. The van der Waals surface area contributed by atoms with Gasteiger partial charge in [0.15, 0.2) is 0 Å². The SMILES string of the molecule is CCOC(=O)C1CCC(N(C(=O)c2cc(Cl)c(N)c(Cl)c2)C2CC2)CC1. The first kappa shape index (κ1) is 19.3. The minimum atomic E-state index is -0.118.